The van der Waals surface area contributed by atoms with Gasteiger partial charge in [0.25, 0.3) is 0 Å². The number of rotatable bonds is 5. The van der Waals surface area contributed by atoms with Gasteiger partial charge in [-0.15, -0.1) is 0 Å². The van der Waals surface area contributed by atoms with Gasteiger partial charge in [0.1, 0.15) is 5.75 Å². The van der Waals surface area contributed by atoms with E-state index in [-0.39, 0.29) is 37.2 Å². The SMILES string of the molecule is CCOC(=O)CC1Cc2ccc(O)cc2Cc2cc(CNC(=O)C(F)(F)F)ccc21. The van der Waals surface area contributed by atoms with Gasteiger partial charge in [-0.3, -0.25) is 9.59 Å². The summed E-state index contributed by atoms with van der Waals surface area (Å²) in [4.78, 5) is 23.2. The van der Waals surface area contributed by atoms with Gasteiger partial charge in [-0.25, -0.2) is 0 Å². The lowest BCUT2D eigenvalue weighted by Crippen LogP contribution is -2.36. The molecule has 0 radical (unpaired) electrons. The lowest BCUT2D eigenvalue weighted by molar-refractivity contribution is -0.173. The van der Waals surface area contributed by atoms with Crippen LogP contribution in [0.25, 0.3) is 0 Å². The van der Waals surface area contributed by atoms with E-state index in [0.29, 0.717) is 18.4 Å². The molecule has 1 unspecified atom stereocenters. The Labute approximate surface area is 171 Å². The minimum absolute atomic E-state index is 0.118. The number of carbonyl (C=O) groups is 2. The second kappa shape index (κ2) is 8.77. The second-order valence-electron chi connectivity index (χ2n) is 7.25. The van der Waals surface area contributed by atoms with Crippen LogP contribution in [0.5, 0.6) is 5.75 Å². The van der Waals surface area contributed by atoms with Crippen molar-refractivity contribution in [1.29, 1.82) is 0 Å². The average molecular weight is 421 g/mol. The Morgan fingerprint density at radius 3 is 2.60 bits per heavy atom. The monoisotopic (exact) mass is 421 g/mol. The van der Waals surface area contributed by atoms with Gasteiger partial charge >= 0.3 is 18.1 Å². The quantitative estimate of drug-likeness (QED) is 0.721. The zero-order chi connectivity index (χ0) is 21.9. The number of fused-ring (bicyclic) bond motifs is 2. The van der Waals surface area contributed by atoms with Crippen molar-refractivity contribution in [3.05, 3.63) is 64.2 Å². The fourth-order valence-electron chi connectivity index (χ4n) is 3.76. The van der Waals surface area contributed by atoms with E-state index in [1.54, 1.807) is 37.3 Å². The predicted octanol–water partition coefficient (Wildman–Crippen LogP) is 3.75. The maximum Gasteiger partial charge on any atom is 0.471 e. The molecule has 2 aromatic rings. The van der Waals surface area contributed by atoms with Crippen LogP contribution in [0, 0.1) is 0 Å². The Balaban J connectivity index is 1.91. The Kier molecular flexibility index (Phi) is 6.34. The molecule has 1 amide bonds. The van der Waals surface area contributed by atoms with Crippen LogP contribution >= 0.6 is 0 Å². The highest BCUT2D eigenvalue weighted by molar-refractivity contribution is 5.81. The van der Waals surface area contributed by atoms with Crippen molar-refractivity contribution in [3.8, 4) is 5.75 Å². The van der Waals surface area contributed by atoms with Gasteiger partial charge in [0.15, 0.2) is 0 Å². The number of esters is 1. The van der Waals surface area contributed by atoms with Crippen LogP contribution in [0.2, 0.25) is 0 Å². The molecule has 30 heavy (non-hydrogen) atoms. The molecule has 2 N–H and O–H groups in total. The number of ether oxygens (including phenoxy) is 1. The first-order chi connectivity index (χ1) is 14.2. The third kappa shape index (κ3) is 5.11. The summed E-state index contributed by atoms with van der Waals surface area (Å²) in [6.45, 7) is 1.75. The van der Waals surface area contributed by atoms with Crippen molar-refractivity contribution in [1.82, 2.24) is 5.32 Å². The zero-order valence-electron chi connectivity index (χ0n) is 16.4. The van der Waals surface area contributed by atoms with Crippen LogP contribution in [0.15, 0.2) is 36.4 Å². The number of hydrogen-bond donors (Lipinski definition) is 2. The lowest BCUT2D eigenvalue weighted by atomic mass is 9.88. The van der Waals surface area contributed by atoms with Gasteiger partial charge in [0.2, 0.25) is 0 Å². The number of carbonyl (C=O) groups excluding carboxylic acids is 2. The van der Waals surface area contributed by atoms with Crippen LogP contribution < -0.4 is 5.32 Å². The van der Waals surface area contributed by atoms with E-state index in [2.05, 4.69) is 0 Å². The van der Waals surface area contributed by atoms with Gasteiger partial charge in [-0.1, -0.05) is 24.3 Å². The molecule has 0 bridgehead atoms. The first-order valence-electron chi connectivity index (χ1n) is 9.60. The molecule has 0 saturated carbocycles. The Morgan fingerprint density at radius 1 is 1.13 bits per heavy atom. The summed E-state index contributed by atoms with van der Waals surface area (Å²) in [6, 6.07) is 10.3. The normalized spacial score (nSPS) is 15.5. The average Bonchev–Trinajstić information content (AvgIpc) is 2.81. The maximum absolute atomic E-state index is 12.4. The van der Waals surface area contributed by atoms with Gasteiger partial charge in [0, 0.05) is 6.54 Å². The molecule has 1 atom stereocenters. The molecular weight excluding hydrogens is 399 g/mol. The molecule has 160 valence electrons. The molecule has 3 rings (SSSR count). The number of hydrogen-bond acceptors (Lipinski definition) is 4. The second-order valence-corrected chi connectivity index (χ2v) is 7.25. The molecule has 0 heterocycles. The van der Waals surface area contributed by atoms with Crippen molar-refractivity contribution in [3.63, 3.8) is 0 Å². The molecule has 0 spiro atoms. The van der Waals surface area contributed by atoms with Gasteiger partial charge in [-0.05, 0) is 65.6 Å². The number of alkyl halides is 3. The van der Waals surface area contributed by atoms with Crippen LogP contribution in [-0.2, 0) is 33.7 Å². The van der Waals surface area contributed by atoms with E-state index in [1.165, 1.54) is 0 Å². The van der Waals surface area contributed by atoms with Crippen molar-refractivity contribution in [2.24, 2.45) is 0 Å². The minimum Gasteiger partial charge on any atom is -0.508 e. The highest BCUT2D eigenvalue weighted by atomic mass is 19.4. The van der Waals surface area contributed by atoms with Gasteiger partial charge in [-0.2, -0.15) is 13.2 Å². The zero-order valence-corrected chi connectivity index (χ0v) is 16.4. The van der Waals surface area contributed by atoms with Gasteiger partial charge < -0.3 is 15.2 Å². The molecule has 5 nitrogen and oxygen atoms in total. The van der Waals surface area contributed by atoms with E-state index in [4.69, 9.17) is 4.74 Å². The third-order valence-electron chi connectivity index (χ3n) is 5.11. The summed E-state index contributed by atoms with van der Waals surface area (Å²) >= 11 is 0. The van der Waals surface area contributed by atoms with Crippen molar-refractivity contribution in [2.75, 3.05) is 6.61 Å². The molecule has 2 aromatic carbocycles. The van der Waals surface area contributed by atoms with E-state index < -0.39 is 12.1 Å². The first kappa shape index (κ1) is 21.7. The molecule has 0 fully saturated rings. The molecule has 1 aliphatic carbocycles. The van der Waals surface area contributed by atoms with Crippen molar-refractivity contribution in [2.45, 2.75) is 44.8 Å². The van der Waals surface area contributed by atoms with Crippen LogP contribution in [0.3, 0.4) is 0 Å². The fraction of sp³-hybridized carbons (Fsp3) is 0.364. The van der Waals surface area contributed by atoms with E-state index in [0.717, 1.165) is 22.3 Å². The Bertz CT molecular complexity index is 956. The highest BCUT2D eigenvalue weighted by Crippen LogP contribution is 2.36. The molecule has 0 aliphatic heterocycles. The Morgan fingerprint density at radius 2 is 1.90 bits per heavy atom. The molecule has 0 saturated heterocycles. The number of aromatic hydroxyl groups is 1. The van der Waals surface area contributed by atoms with Crippen molar-refractivity contribution < 1.29 is 32.6 Å². The summed E-state index contributed by atoms with van der Waals surface area (Å²) in [7, 11) is 0. The van der Waals surface area contributed by atoms with Gasteiger partial charge in [0.05, 0.1) is 13.0 Å². The third-order valence-corrected chi connectivity index (χ3v) is 5.11. The summed E-state index contributed by atoms with van der Waals surface area (Å²) in [5.41, 5.74) is 4.14. The molecule has 0 aromatic heterocycles. The number of phenols is 1. The topological polar surface area (TPSA) is 75.6 Å². The molecular formula is C22H22F3NO4. The van der Waals surface area contributed by atoms with Crippen LogP contribution in [0.1, 0.15) is 47.1 Å². The summed E-state index contributed by atoms with van der Waals surface area (Å²) in [5, 5.41) is 11.7. The van der Waals surface area contributed by atoms with Crippen LogP contribution in [-0.4, -0.2) is 29.8 Å². The molecule has 8 heteroatoms. The maximum atomic E-state index is 12.4. The number of phenolic OH excluding ortho intramolecular Hbond substituents is 1. The molecule has 1 aliphatic rings. The summed E-state index contributed by atoms with van der Waals surface area (Å²) in [5.74, 6) is -2.36. The largest absolute Gasteiger partial charge is 0.508 e. The first-order valence-corrected chi connectivity index (χ1v) is 9.60. The summed E-state index contributed by atoms with van der Waals surface area (Å²) in [6.07, 6.45) is -3.73. The van der Waals surface area contributed by atoms with E-state index >= 15 is 0 Å². The van der Waals surface area contributed by atoms with E-state index in [1.807, 2.05) is 11.4 Å². The predicted molar refractivity (Wildman–Crippen MR) is 103 cm³/mol. The highest BCUT2D eigenvalue weighted by Gasteiger charge is 2.38. The summed E-state index contributed by atoms with van der Waals surface area (Å²) < 4.78 is 42.4. The van der Waals surface area contributed by atoms with Crippen molar-refractivity contribution >= 4 is 11.9 Å². The smallest absolute Gasteiger partial charge is 0.471 e. The number of amides is 1. The van der Waals surface area contributed by atoms with Crippen LogP contribution in [0.4, 0.5) is 13.2 Å². The minimum atomic E-state index is -4.94. The van der Waals surface area contributed by atoms with E-state index in [9.17, 15) is 27.9 Å². The standard InChI is InChI=1S/C22H22F3NO4/c1-2-30-20(28)11-17-8-14-4-5-18(27)10-15(14)9-16-7-13(3-6-19(16)17)12-26-21(29)22(23,24)25/h3-7,10,17,27H,2,8-9,11-12H2,1H3,(H,26,29). The lowest BCUT2D eigenvalue weighted by Gasteiger charge is -2.18. The number of benzene rings is 2. The fourth-order valence-corrected chi connectivity index (χ4v) is 3.76. The Hall–Kier alpha value is -3.03. The number of halogens is 3. The number of nitrogens with one attached hydrogen (secondary N) is 1.